The zero-order valence-corrected chi connectivity index (χ0v) is 10.6. The van der Waals surface area contributed by atoms with Crippen molar-refractivity contribution in [1.82, 2.24) is 4.57 Å². The largest absolute Gasteiger partial charge is 0.619 e. The van der Waals surface area contributed by atoms with Crippen LogP contribution >= 0.6 is 0 Å². The second-order valence-electron chi connectivity index (χ2n) is 4.37. The summed E-state index contributed by atoms with van der Waals surface area (Å²) in [7, 11) is 0. The number of nitrogens with zero attached hydrogens (tertiary/aromatic N) is 2. The maximum absolute atomic E-state index is 12.0. The zero-order chi connectivity index (χ0) is 13.9. The SMILES string of the molecule is O=C(OCc1ccccc1)n1ccc2c[n+]([O-])ccc21. The Labute approximate surface area is 115 Å². The van der Waals surface area contributed by atoms with Crippen molar-refractivity contribution in [2.45, 2.75) is 6.61 Å². The molecule has 0 N–H and O–H groups in total. The third kappa shape index (κ3) is 2.33. The summed E-state index contributed by atoms with van der Waals surface area (Å²) in [6.45, 7) is 0.216. The third-order valence-electron chi connectivity index (χ3n) is 3.01. The molecule has 0 aliphatic carbocycles. The van der Waals surface area contributed by atoms with E-state index in [9.17, 15) is 10.0 Å². The molecule has 1 aromatic carbocycles. The first kappa shape index (κ1) is 12.2. The highest BCUT2D eigenvalue weighted by Gasteiger charge is 2.11. The Kier molecular flexibility index (Phi) is 3.09. The molecule has 0 saturated heterocycles. The van der Waals surface area contributed by atoms with Crippen LogP contribution in [0.15, 0.2) is 61.1 Å². The fourth-order valence-corrected chi connectivity index (χ4v) is 2.02. The lowest BCUT2D eigenvalue weighted by atomic mass is 10.2. The van der Waals surface area contributed by atoms with Crippen LogP contribution in [0.1, 0.15) is 5.56 Å². The highest BCUT2D eigenvalue weighted by molar-refractivity contribution is 5.88. The molecule has 5 heteroatoms. The van der Waals surface area contributed by atoms with Gasteiger partial charge in [-0.25, -0.2) is 4.79 Å². The molecule has 2 aromatic heterocycles. The number of fused-ring (bicyclic) bond motifs is 1. The molecule has 0 amide bonds. The Morgan fingerprint density at radius 1 is 1.20 bits per heavy atom. The van der Waals surface area contributed by atoms with Gasteiger partial charge in [0.05, 0.1) is 10.9 Å². The average Bonchev–Trinajstić information content (AvgIpc) is 2.89. The number of ether oxygens (including phenoxy) is 1. The molecule has 0 aliphatic heterocycles. The lowest BCUT2D eigenvalue weighted by molar-refractivity contribution is -0.603. The topological polar surface area (TPSA) is 58.2 Å². The van der Waals surface area contributed by atoms with Crippen molar-refractivity contribution in [3.8, 4) is 0 Å². The van der Waals surface area contributed by atoms with Crippen LogP contribution in [0.4, 0.5) is 4.79 Å². The molecule has 0 aliphatic rings. The lowest BCUT2D eigenvalue weighted by Gasteiger charge is -2.06. The van der Waals surface area contributed by atoms with Gasteiger partial charge < -0.3 is 9.94 Å². The van der Waals surface area contributed by atoms with Crippen molar-refractivity contribution in [3.05, 3.63) is 71.8 Å². The Morgan fingerprint density at radius 2 is 2.00 bits per heavy atom. The van der Waals surface area contributed by atoms with Gasteiger partial charge in [0, 0.05) is 12.3 Å². The van der Waals surface area contributed by atoms with E-state index in [0.717, 1.165) is 5.56 Å². The van der Waals surface area contributed by atoms with Crippen molar-refractivity contribution in [3.63, 3.8) is 0 Å². The minimum Gasteiger partial charge on any atom is -0.619 e. The Bertz CT molecular complexity index is 750. The first-order valence-corrected chi connectivity index (χ1v) is 6.15. The molecule has 0 radical (unpaired) electrons. The molecular weight excluding hydrogens is 256 g/mol. The average molecular weight is 268 g/mol. The van der Waals surface area contributed by atoms with Crippen LogP contribution in [-0.2, 0) is 11.3 Å². The van der Waals surface area contributed by atoms with Gasteiger partial charge in [0.25, 0.3) is 0 Å². The smallest absolute Gasteiger partial charge is 0.418 e. The summed E-state index contributed by atoms with van der Waals surface area (Å²) >= 11 is 0. The number of aromatic nitrogens is 2. The number of benzene rings is 1. The lowest BCUT2D eigenvalue weighted by Crippen LogP contribution is -2.23. The van der Waals surface area contributed by atoms with Crippen molar-refractivity contribution in [2.75, 3.05) is 0 Å². The van der Waals surface area contributed by atoms with Crippen LogP contribution in [0.2, 0.25) is 0 Å². The van der Waals surface area contributed by atoms with E-state index in [1.807, 2.05) is 30.3 Å². The molecule has 0 spiro atoms. The third-order valence-corrected chi connectivity index (χ3v) is 3.01. The molecule has 0 bridgehead atoms. The van der Waals surface area contributed by atoms with Crippen molar-refractivity contribution in [2.24, 2.45) is 0 Å². The fraction of sp³-hybridized carbons (Fsp3) is 0.0667. The molecule has 2 heterocycles. The Hall–Kier alpha value is -2.82. The van der Waals surface area contributed by atoms with Gasteiger partial charge in [-0.3, -0.25) is 4.57 Å². The summed E-state index contributed by atoms with van der Waals surface area (Å²) in [6, 6.07) is 12.8. The molecule has 3 rings (SSSR count). The second-order valence-corrected chi connectivity index (χ2v) is 4.37. The standard InChI is InChI=1S/C15H12N2O3/c18-15(20-11-12-4-2-1-3-5-12)17-9-6-13-10-16(19)8-7-14(13)17/h1-10H,11H2. The van der Waals surface area contributed by atoms with Gasteiger partial charge >= 0.3 is 6.09 Å². The van der Waals surface area contributed by atoms with Crippen LogP contribution in [0.3, 0.4) is 0 Å². The van der Waals surface area contributed by atoms with Crippen LogP contribution in [0.5, 0.6) is 0 Å². The predicted octanol–water partition coefficient (Wildman–Crippen LogP) is 2.46. The summed E-state index contributed by atoms with van der Waals surface area (Å²) in [5, 5.41) is 11.9. The number of hydrogen-bond donors (Lipinski definition) is 0. The minimum atomic E-state index is -0.465. The van der Waals surface area contributed by atoms with Gasteiger partial charge in [-0.15, -0.1) is 0 Å². The van der Waals surface area contributed by atoms with Crippen LogP contribution in [0.25, 0.3) is 10.9 Å². The number of pyridine rings is 1. The molecule has 0 saturated carbocycles. The summed E-state index contributed by atoms with van der Waals surface area (Å²) < 4.78 is 7.33. The summed E-state index contributed by atoms with van der Waals surface area (Å²) in [5.74, 6) is 0. The molecule has 100 valence electrons. The molecule has 3 aromatic rings. The maximum Gasteiger partial charge on any atom is 0.418 e. The summed E-state index contributed by atoms with van der Waals surface area (Å²) in [6.07, 6.45) is 3.89. The molecule has 0 atom stereocenters. The number of hydrogen-bond acceptors (Lipinski definition) is 3. The van der Waals surface area contributed by atoms with Gasteiger partial charge in [0.2, 0.25) is 0 Å². The van der Waals surface area contributed by atoms with Crippen molar-refractivity contribution in [1.29, 1.82) is 0 Å². The van der Waals surface area contributed by atoms with Gasteiger partial charge in [-0.05, 0) is 11.6 Å². The van der Waals surface area contributed by atoms with Crippen molar-refractivity contribution >= 4 is 17.0 Å². The highest BCUT2D eigenvalue weighted by atomic mass is 16.5. The number of rotatable bonds is 2. The van der Waals surface area contributed by atoms with E-state index in [-0.39, 0.29) is 6.61 Å². The van der Waals surface area contributed by atoms with Crippen LogP contribution < -0.4 is 4.73 Å². The maximum atomic E-state index is 12.0. The monoisotopic (exact) mass is 268 g/mol. The highest BCUT2D eigenvalue weighted by Crippen LogP contribution is 2.14. The molecule has 5 nitrogen and oxygen atoms in total. The van der Waals surface area contributed by atoms with E-state index in [4.69, 9.17) is 4.74 Å². The van der Waals surface area contributed by atoms with Gasteiger partial charge in [0.15, 0.2) is 12.4 Å². The Balaban J connectivity index is 1.79. The van der Waals surface area contributed by atoms with E-state index >= 15 is 0 Å². The number of carbonyl (C=O) groups excluding carboxylic acids is 1. The van der Waals surface area contributed by atoms with E-state index in [0.29, 0.717) is 15.6 Å². The van der Waals surface area contributed by atoms with E-state index < -0.39 is 6.09 Å². The molecule has 0 unspecified atom stereocenters. The fourth-order valence-electron chi connectivity index (χ4n) is 2.02. The quantitative estimate of drug-likeness (QED) is 0.530. The van der Waals surface area contributed by atoms with Gasteiger partial charge in [0.1, 0.15) is 6.61 Å². The zero-order valence-electron chi connectivity index (χ0n) is 10.6. The van der Waals surface area contributed by atoms with Gasteiger partial charge in [-0.2, -0.15) is 4.73 Å². The molecule has 20 heavy (non-hydrogen) atoms. The van der Waals surface area contributed by atoms with E-state index in [1.54, 1.807) is 18.3 Å². The van der Waals surface area contributed by atoms with Crippen molar-refractivity contribution < 1.29 is 14.3 Å². The first-order valence-electron chi connectivity index (χ1n) is 6.15. The Morgan fingerprint density at radius 3 is 2.80 bits per heavy atom. The summed E-state index contributed by atoms with van der Waals surface area (Å²) in [4.78, 5) is 12.0. The normalized spacial score (nSPS) is 10.6. The second kappa shape index (κ2) is 5.05. The van der Waals surface area contributed by atoms with E-state index in [1.165, 1.54) is 17.0 Å². The van der Waals surface area contributed by atoms with Gasteiger partial charge in [-0.1, -0.05) is 30.3 Å². The van der Waals surface area contributed by atoms with E-state index in [2.05, 4.69) is 0 Å². The summed E-state index contributed by atoms with van der Waals surface area (Å²) in [5.41, 5.74) is 1.57. The minimum absolute atomic E-state index is 0.216. The first-order chi connectivity index (χ1) is 9.74. The van der Waals surface area contributed by atoms with Crippen LogP contribution in [-0.4, -0.2) is 10.7 Å². The van der Waals surface area contributed by atoms with Crippen LogP contribution in [0, 0.1) is 5.21 Å². The predicted molar refractivity (Wildman–Crippen MR) is 72.9 cm³/mol. The number of carbonyl (C=O) groups is 1. The molecule has 0 fully saturated rings. The molecular formula is C15H12N2O3.